The molecule has 4 heteroatoms. The Kier molecular flexibility index (Phi) is 4.62. The summed E-state index contributed by atoms with van der Waals surface area (Å²) in [4.78, 5) is 14.1. The number of hydrogen-bond donors (Lipinski definition) is 1. The number of piperidine rings is 1. The molecule has 16 heavy (non-hydrogen) atoms. The summed E-state index contributed by atoms with van der Waals surface area (Å²) in [6, 6.07) is 0.117. The summed E-state index contributed by atoms with van der Waals surface area (Å²) >= 11 is 0. The molecular formula is C12H23ClN2O. The SMILES string of the molecule is CC1(C)CCN(C(=O)C2CCCN2)CC1.Cl. The molecule has 0 bridgehead atoms. The molecule has 1 unspecified atom stereocenters. The fraction of sp³-hybridized carbons (Fsp3) is 0.917. The van der Waals surface area contributed by atoms with Crippen molar-refractivity contribution in [1.29, 1.82) is 0 Å². The van der Waals surface area contributed by atoms with E-state index >= 15 is 0 Å². The van der Waals surface area contributed by atoms with Crippen LogP contribution in [0.25, 0.3) is 0 Å². The van der Waals surface area contributed by atoms with Gasteiger partial charge in [0.15, 0.2) is 0 Å². The van der Waals surface area contributed by atoms with Gasteiger partial charge < -0.3 is 10.2 Å². The summed E-state index contributed by atoms with van der Waals surface area (Å²) < 4.78 is 0. The van der Waals surface area contributed by atoms with Gasteiger partial charge in [0.2, 0.25) is 5.91 Å². The summed E-state index contributed by atoms with van der Waals surface area (Å²) in [5, 5.41) is 3.28. The molecule has 1 atom stereocenters. The quantitative estimate of drug-likeness (QED) is 0.766. The van der Waals surface area contributed by atoms with Gasteiger partial charge in [-0.2, -0.15) is 0 Å². The lowest BCUT2D eigenvalue weighted by molar-refractivity contribution is -0.135. The molecule has 0 spiro atoms. The highest BCUT2D eigenvalue weighted by atomic mass is 35.5. The average molecular weight is 247 g/mol. The summed E-state index contributed by atoms with van der Waals surface area (Å²) in [6.07, 6.45) is 4.46. The molecule has 2 saturated heterocycles. The predicted octanol–water partition coefficient (Wildman–Crippen LogP) is 1.81. The van der Waals surface area contributed by atoms with Gasteiger partial charge in [-0.1, -0.05) is 13.8 Å². The molecule has 94 valence electrons. The van der Waals surface area contributed by atoms with Gasteiger partial charge in [-0.15, -0.1) is 12.4 Å². The fourth-order valence-corrected chi connectivity index (χ4v) is 2.45. The summed E-state index contributed by atoms with van der Waals surface area (Å²) in [6.45, 7) is 7.50. The van der Waals surface area contributed by atoms with Crippen molar-refractivity contribution in [3.8, 4) is 0 Å². The van der Waals surface area contributed by atoms with E-state index in [2.05, 4.69) is 19.2 Å². The predicted molar refractivity (Wildman–Crippen MR) is 67.9 cm³/mol. The number of halogens is 1. The molecule has 2 fully saturated rings. The van der Waals surface area contributed by atoms with Crippen LogP contribution in [0, 0.1) is 5.41 Å². The number of nitrogens with one attached hydrogen (secondary N) is 1. The van der Waals surface area contributed by atoms with Crippen LogP contribution >= 0.6 is 12.4 Å². The first-order chi connectivity index (χ1) is 7.08. The first kappa shape index (κ1) is 13.8. The second-order valence-electron chi connectivity index (χ2n) is 5.64. The second-order valence-corrected chi connectivity index (χ2v) is 5.64. The molecular weight excluding hydrogens is 224 g/mol. The van der Waals surface area contributed by atoms with Crippen LogP contribution in [0.3, 0.4) is 0 Å². The molecule has 1 amide bonds. The van der Waals surface area contributed by atoms with Crippen LogP contribution in [-0.2, 0) is 4.79 Å². The highest BCUT2D eigenvalue weighted by molar-refractivity contribution is 5.85. The summed E-state index contributed by atoms with van der Waals surface area (Å²) in [7, 11) is 0. The van der Waals surface area contributed by atoms with E-state index in [1.54, 1.807) is 0 Å². The van der Waals surface area contributed by atoms with E-state index in [1.807, 2.05) is 4.90 Å². The smallest absolute Gasteiger partial charge is 0.239 e. The van der Waals surface area contributed by atoms with Crippen LogP contribution in [0.2, 0.25) is 0 Å². The Morgan fingerprint density at radius 2 is 1.94 bits per heavy atom. The molecule has 2 aliphatic heterocycles. The molecule has 2 rings (SSSR count). The lowest BCUT2D eigenvalue weighted by atomic mass is 9.82. The summed E-state index contributed by atoms with van der Waals surface area (Å²) in [5.41, 5.74) is 0.430. The van der Waals surface area contributed by atoms with E-state index in [4.69, 9.17) is 0 Å². The Labute approximate surface area is 104 Å². The molecule has 0 aliphatic carbocycles. The molecule has 0 saturated carbocycles. The van der Waals surface area contributed by atoms with Gasteiger partial charge in [-0.3, -0.25) is 4.79 Å². The monoisotopic (exact) mass is 246 g/mol. The van der Waals surface area contributed by atoms with Crippen molar-refractivity contribution in [2.75, 3.05) is 19.6 Å². The molecule has 2 heterocycles. The summed E-state index contributed by atoms with van der Waals surface area (Å²) in [5.74, 6) is 0.336. The average Bonchev–Trinajstić information content (AvgIpc) is 2.69. The van der Waals surface area contributed by atoms with Gasteiger partial charge in [0.25, 0.3) is 0 Å². The van der Waals surface area contributed by atoms with Crippen molar-refractivity contribution < 1.29 is 4.79 Å². The lowest BCUT2D eigenvalue weighted by Crippen LogP contribution is -2.48. The van der Waals surface area contributed by atoms with Crippen LogP contribution in [0.1, 0.15) is 39.5 Å². The second kappa shape index (κ2) is 5.37. The maximum Gasteiger partial charge on any atom is 0.239 e. The van der Waals surface area contributed by atoms with Gasteiger partial charge in [-0.25, -0.2) is 0 Å². The molecule has 2 aliphatic rings. The zero-order valence-electron chi connectivity index (χ0n) is 10.3. The van der Waals surface area contributed by atoms with E-state index in [0.29, 0.717) is 11.3 Å². The Hall–Kier alpha value is -0.280. The van der Waals surface area contributed by atoms with Crippen molar-refractivity contribution >= 4 is 18.3 Å². The molecule has 1 N–H and O–H groups in total. The first-order valence-corrected chi connectivity index (χ1v) is 6.11. The fourth-order valence-electron chi connectivity index (χ4n) is 2.45. The van der Waals surface area contributed by atoms with Crippen LogP contribution in [0.15, 0.2) is 0 Å². The lowest BCUT2D eigenvalue weighted by Gasteiger charge is -2.37. The minimum atomic E-state index is 0. The molecule has 3 nitrogen and oxygen atoms in total. The minimum Gasteiger partial charge on any atom is -0.341 e. The molecule has 0 aromatic rings. The van der Waals surface area contributed by atoms with Gasteiger partial charge in [0.1, 0.15) is 0 Å². The van der Waals surface area contributed by atoms with Crippen molar-refractivity contribution in [1.82, 2.24) is 10.2 Å². The number of carbonyl (C=O) groups is 1. The number of rotatable bonds is 1. The number of carbonyl (C=O) groups excluding carboxylic acids is 1. The van der Waals surface area contributed by atoms with Gasteiger partial charge in [0.05, 0.1) is 6.04 Å². The third-order valence-corrected chi connectivity index (χ3v) is 3.79. The highest BCUT2D eigenvalue weighted by Gasteiger charge is 2.32. The van der Waals surface area contributed by atoms with Crippen molar-refractivity contribution in [2.24, 2.45) is 5.41 Å². The maximum atomic E-state index is 12.1. The third kappa shape index (κ3) is 3.11. The van der Waals surface area contributed by atoms with Crippen LogP contribution in [-0.4, -0.2) is 36.5 Å². The van der Waals surface area contributed by atoms with Crippen molar-refractivity contribution in [2.45, 2.75) is 45.6 Å². The Morgan fingerprint density at radius 3 is 2.44 bits per heavy atom. The topological polar surface area (TPSA) is 32.3 Å². The molecule has 0 radical (unpaired) electrons. The molecule has 0 aromatic carbocycles. The van der Waals surface area contributed by atoms with Crippen molar-refractivity contribution in [3.05, 3.63) is 0 Å². The number of nitrogens with zero attached hydrogens (tertiary/aromatic N) is 1. The first-order valence-electron chi connectivity index (χ1n) is 6.11. The standard InChI is InChI=1S/C12H22N2O.ClH/c1-12(2)5-8-14(9-6-12)11(15)10-4-3-7-13-10;/h10,13H,3-9H2,1-2H3;1H. The van der Waals surface area contributed by atoms with E-state index in [1.165, 1.54) is 0 Å². The van der Waals surface area contributed by atoms with E-state index < -0.39 is 0 Å². The van der Waals surface area contributed by atoms with Crippen LogP contribution in [0.4, 0.5) is 0 Å². The van der Waals surface area contributed by atoms with E-state index in [9.17, 15) is 4.79 Å². The van der Waals surface area contributed by atoms with Gasteiger partial charge in [0, 0.05) is 13.1 Å². The third-order valence-electron chi connectivity index (χ3n) is 3.79. The minimum absolute atomic E-state index is 0. The van der Waals surface area contributed by atoms with Crippen LogP contribution in [0.5, 0.6) is 0 Å². The van der Waals surface area contributed by atoms with Gasteiger partial charge >= 0.3 is 0 Å². The highest BCUT2D eigenvalue weighted by Crippen LogP contribution is 2.30. The van der Waals surface area contributed by atoms with Gasteiger partial charge in [-0.05, 0) is 37.6 Å². The number of amides is 1. The normalized spacial score (nSPS) is 28.6. The van der Waals surface area contributed by atoms with E-state index in [0.717, 1.165) is 45.3 Å². The zero-order valence-corrected chi connectivity index (χ0v) is 11.1. The Morgan fingerprint density at radius 1 is 1.31 bits per heavy atom. The number of hydrogen-bond acceptors (Lipinski definition) is 2. The Balaban J connectivity index is 0.00000128. The maximum absolute atomic E-state index is 12.1. The largest absolute Gasteiger partial charge is 0.341 e. The molecule has 0 aromatic heterocycles. The van der Waals surface area contributed by atoms with E-state index in [-0.39, 0.29) is 18.4 Å². The van der Waals surface area contributed by atoms with Crippen LogP contribution < -0.4 is 5.32 Å². The number of likely N-dealkylation sites (tertiary alicyclic amines) is 1. The zero-order chi connectivity index (χ0) is 10.9. The Bertz CT molecular complexity index is 239. The van der Waals surface area contributed by atoms with Crippen molar-refractivity contribution in [3.63, 3.8) is 0 Å².